The van der Waals surface area contributed by atoms with Gasteiger partial charge in [-0.3, -0.25) is 9.59 Å². The van der Waals surface area contributed by atoms with E-state index in [0.29, 0.717) is 28.1 Å². The summed E-state index contributed by atoms with van der Waals surface area (Å²) in [7, 11) is 0. The molecule has 1 aliphatic rings. The van der Waals surface area contributed by atoms with Crippen LogP contribution in [0.3, 0.4) is 0 Å². The van der Waals surface area contributed by atoms with Crippen molar-refractivity contribution >= 4 is 46.8 Å². The third-order valence-corrected chi connectivity index (χ3v) is 6.99. The molecule has 31 heavy (non-hydrogen) atoms. The summed E-state index contributed by atoms with van der Waals surface area (Å²) in [6.45, 7) is 2.15. The predicted octanol–water partition coefficient (Wildman–Crippen LogP) is 5.70. The van der Waals surface area contributed by atoms with E-state index in [0.717, 1.165) is 36.8 Å². The van der Waals surface area contributed by atoms with Crippen molar-refractivity contribution < 1.29 is 9.59 Å². The number of nitrogens with zero attached hydrogens (tertiary/aromatic N) is 1. The minimum Gasteiger partial charge on any atom is -0.352 e. The number of carbonyl (C=O) groups excluding carboxylic acids is 2. The highest BCUT2D eigenvalue weighted by Gasteiger charge is 2.28. The molecule has 166 valence electrons. The molecule has 1 atom stereocenters. The van der Waals surface area contributed by atoms with Gasteiger partial charge in [-0.1, -0.05) is 60.3 Å². The molecule has 0 aromatic heterocycles. The quantitative estimate of drug-likeness (QED) is 0.502. The molecule has 1 fully saturated rings. The van der Waals surface area contributed by atoms with Gasteiger partial charge >= 0.3 is 0 Å². The zero-order valence-corrected chi connectivity index (χ0v) is 20.0. The van der Waals surface area contributed by atoms with Gasteiger partial charge in [-0.05, 0) is 55.2 Å². The molecule has 7 heteroatoms. The smallest absolute Gasteiger partial charge is 0.242 e. The molecule has 3 rings (SSSR count). The monoisotopic (exact) mass is 478 g/mol. The Kier molecular flexibility index (Phi) is 9.12. The number of nitrogens with one attached hydrogen (secondary N) is 1. The van der Waals surface area contributed by atoms with E-state index in [1.54, 1.807) is 17.9 Å². The number of halogens is 2. The Morgan fingerprint density at radius 2 is 1.77 bits per heavy atom. The zero-order chi connectivity index (χ0) is 22.2. The van der Waals surface area contributed by atoms with Crippen LogP contribution in [-0.4, -0.2) is 34.6 Å². The van der Waals surface area contributed by atoms with Gasteiger partial charge in [0, 0.05) is 28.4 Å². The van der Waals surface area contributed by atoms with Crippen LogP contribution in [0.15, 0.2) is 48.5 Å². The predicted molar refractivity (Wildman–Crippen MR) is 129 cm³/mol. The van der Waals surface area contributed by atoms with Crippen molar-refractivity contribution in [3.05, 3.63) is 69.7 Å². The van der Waals surface area contributed by atoms with Crippen LogP contribution in [0.2, 0.25) is 10.0 Å². The Hall–Kier alpha value is -1.69. The van der Waals surface area contributed by atoms with Gasteiger partial charge in [0.2, 0.25) is 11.8 Å². The fraction of sp³-hybridized carbons (Fsp3) is 0.417. The molecule has 0 saturated heterocycles. The number of thioether (sulfide) groups is 1. The van der Waals surface area contributed by atoms with E-state index < -0.39 is 6.04 Å². The zero-order valence-electron chi connectivity index (χ0n) is 17.7. The van der Waals surface area contributed by atoms with Crippen LogP contribution >= 0.6 is 35.0 Å². The fourth-order valence-electron chi connectivity index (χ4n) is 3.73. The van der Waals surface area contributed by atoms with Gasteiger partial charge in [0.15, 0.2) is 0 Å². The van der Waals surface area contributed by atoms with Gasteiger partial charge in [-0.25, -0.2) is 0 Å². The minimum absolute atomic E-state index is 0.0620. The Morgan fingerprint density at radius 3 is 2.45 bits per heavy atom. The Labute approximate surface area is 198 Å². The molecule has 2 amide bonds. The van der Waals surface area contributed by atoms with Gasteiger partial charge < -0.3 is 10.2 Å². The maximum atomic E-state index is 13.1. The van der Waals surface area contributed by atoms with Crippen molar-refractivity contribution in [1.29, 1.82) is 0 Å². The molecule has 2 aromatic carbocycles. The van der Waals surface area contributed by atoms with E-state index >= 15 is 0 Å². The molecule has 1 aliphatic carbocycles. The SMILES string of the molecule is C[C@H](C(=O)NC1CCCC1)N(Cc1cccc(Cl)c1)C(=O)CSCc1ccc(Cl)cc1. The summed E-state index contributed by atoms with van der Waals surface area (Å²) in [5, 5.41) is 4.43. The van der Waals surface area contributed by atoms with E-state index in [1.807, 2.05) is 42.5 Å². The van der Waals surface area contributed by atoms with Crippen molar-refractivity contribution in [1.82, 2.24) is 10.2 Å². The summed E-state index contributed by atoms with van der Waals surface area (Å²) in [6.07, 6.45) is 4.31. The third-order valence-electron chi connectivity index (χ3n) is 5.52. The average molecular weight is 479 g/mol. The van der Waals surface area contributed by atoms with E-state index in [2.05, 4.69) is 5.32 Å². The van der Waals surface area contributed by atoms with Crippen LogP contribution in [0, 0.1) is 0 Å². The second-order valence-electron chi connectivity index (χ2n) is 7.94. The average Bonchev–Trinajstić information content (AvgIpc) is 3.26. The Bertz CT molecular complexity index is 885. The van der Waals surface area contributed by atoms with Crippen LogP contribution in [0.5, 0.6) is 0 Å². The summed E-state index contributed by atoms with van der Waals surface area (Å²) < 4.78 is 0. The summed E-state index contributed by atoms with van der Waals surface area (Å²) in [5.74, 6) is 0.846. The first-order valence-electron chi connectivity index (χ1n) is 10.6. The number of hydrogen-bond donors (Lipinski definition) is 1. The molecule has 0 spiro atoms. The standard InChI is InChI=1S/C24H28Cl2N2O2S/c1-17(24(30)27-22-7-2-3-8-22)28(14-19-5-4-6-21(26)13-19)23(29)16-31-15-18-9-11-20(25)12-10-18/h4-6,9-13,17,22H,2-3,7-8,14-16H2,1H3,(H,27,30)/t17-/m1/s1. The highest BCUT2D eigenvalue weighted by atomic mass is 35.5. The Morgan fingerprint density at radius 1 is 1.06 bits per heavy atom. The summed E-state index contributed by atoms with van der Waals surface area (Å²) in [5.41, 5.74) is 2.01. The first-order valence-corrected chi connectivity index (χ1v) is 12.5. The van der Waals surface area contributed by atoms with Crippen LogP contribution in [0.4, 0.5) is 0 Å². The highest BCUT2D eigenvalue weighted by molar-refractivity contribution is 7.99. The number of rotatable bonds is 9. The number of hydrogen-bond acceptors (Lipinski definition) is 3. The lowest BCUT2D eigenvalue weighted by atomic mass is 10.1. The van der Waals surface area contributed by atoms with Crippen LogP contribution in [-0.2, 0) is 21.9 Å². The summed E-state index contributed by atoms with van der Waals surface area (Å²) in [6, 6.07) is 14.7. The molecular formula is C24H28Cl2N2O2S. The van der Waals surface area contributed by atoms with Gasteiger partial charge in [0.25, 0.3) is 0 Å². The maximum Gasteiger partial charge on any atom is 0.242 e. The van der Waals surface area contributed by atoms with Crippen molar-refractivity contribution in [3.8, 4) is 0 Å². The normalized spacial score (nSPS) is 14.9. The number of benzene rings is 2. The van der Waals surface area contributed by atoms with Gasteiger partial charge in [0.1, 0.15) is 6.04 Å². The van der Waals surface area contributed by atoms with Crippen molar-refractivity contribution in [2.24, 2.45) is 0 Å². The molecule has 1 N–H and O–H groups in total. The van der Waals surface area contributed by atoms with Gasteiger partial charge in [-0.2, -0.15) is 0 Å². The van der Waals surface area contributed by atoms with E-state index in [9.17, 15) is 9.59 Å². The van der Waals surface area contributed by atoms with Crippen molar-refractivity contribution in [2.75, 3.05) is 5.75 Å². The highest BCUT2D eigenvalue weighted by Crippen LogP contribution is 2.21. The lowest BCUT2D eigenvalue weighted by Gasteiger charge is -2.29. The molecule has 4 nitrogen and oxygen atoms in total. The minimum atomic E-state index is -0.553. The lowest BCUT2D eigenvalue weighted by Crippen LogP contribution is -2.50. The van der Waals surface area contributed by atoms with E-state index in [4.69, 9.17) is 23.2 Å². The third kappa shape index (κ3) is 7.44. The molecule has 0 unspecified atom stereocenters. The molecule has 1 saturated carbocycles. The summed E-state index contributed by atoms with van der Waals surface area (Å²) in [4.78, 5) is 27.7. The molecule has 0 bridgehead atoms. The first-order chi connectivity index (χ1) is 14.9. The van der Waals surface area contributed by atoms with Crippen molar-refractivity contribution in [2.45, 2.75) is 57.0 Å². The lowest BCUT2D eigenvalue weighted by molar-refractivity contribution is -0.138. The summed E-state index contributed by atoms with van der Waals surface area (Å²) >= 11 is 13.6. The number of amides is 2. The van der Waals surface area contributed by atoms with Crippen LogP contribution < -0.4 is 5.32 Å². The Balaban J connectivity index is 1.65. The van der Waals surface area contributed by atoms with E-state index in [-0.39, 0.29) is 17.9 Å². The second kappa shape index (κ2) is 11.8. The van der Waals surface area contributed by atoms with Crippen LogP contribution in [0.1, 0.15) is 43.7 Å². The molecule has 0 aliphatic heterocycles. The second-order valence-corrected chi connectivity index (χ2v) is 9.80. The van der Waals surface area contributed by atoms with Crippen molar-refractivity contribution in [3.63, 3.8) is 0 Å². The maximum absolute atomic E-state index is 13.1. The first kappa shape index (κ1) is 24.0. The van der Waals surface area contributed by atoms with E-state index in [1.165, 1.54) is 11.8 Å². The van der Waals surface area contributed by atoms with Gasteiger partial charge in [0.05, 0.1) is 5.75 Å². The van der Waals surface area contributed by atoms with Crippen LogP contribution in [0.25, 0.3) is 0 Å². The topological polar surface area (TPSA) is 49.4 Å². The molecule has 0 heterocycles. The fourth-order valence-corrected chi connectivity index (χ4v) is 4.94. The molecule has 2 aromatic rings. The molecule has 0 radical (unpaired) electrons. The largest absolute Gasteiger partial charge is 0.352 e. The number of carbonyl (C=O) groups is 2. The molecular weight excluding hydrogens is 451 g/mol. The van der Waals surface area contributed by atoms with Gasteiger partial charge in [-0.15, -0.1) is 11.8 Å².